The van der Waals surface area contributed by atoms with Crippen LogP contribution in [0.15, 0.2) is 34.9 Å². The average molecular weight is 269 g/mol. The monoisotopic (exact) mass is 269 g/mol. The maximum Gasteiger partial charge on any atom is 0.259 e. The summed E-state index contributed by atoms with van der Waals surface area (Å²) in [5.74, 6) is 0.919. The van der Waals surface area contributed by atoms with Gasteiger partial charge in [-0.15, -0.1) is 0 Å². The number of hydrogen-bond acceptors (Lipinski definition) is 3. The van der Waals surface area contributed by atoms with E-state index in [1.54, 1.807) is 13.0 Å². The van der Waals surface area contributed by atoms with Crippen molar-refractivity contribution in [2.45, 2.75) is 13.8 Å². The summed E-state index contributed by atoms with van der Waals surface area (Å²) in [5.41, 5.74) is 2.62. The molecule has 0 unspecified atom stereocenters. The van der Waals surface area contributed by atoms with E-state index < -0.39 is 0 Å². The Morgan fingerprint density at radius 1 is 1.30 bits per heavy atom. The van der Waals surface area contributed by atoms with Crippen LogP contribution in [-0.4, -0.2) is 15.6 Å². The Kier molecular flexibility index (Phi) is 2.82. The number of fused-ring (bicyclic) bond motifs is 1. The lowest BCUT2D eigenvalue weighted by Gasteiger charge is -2.02. The third kappa shape index (κ3) is 1.87. The van der Waals surface area contributed by atoms with Crippen LogP contribution < -0.4 is 5.32 Å². The Labute approximate surface area is 116 Å². The molecule has 5 heteroatoms. The van der Waals surface area contributed by atoms with Crippen LogP contribution in [0.3, 0.4) is 0 Å². The van der Waals surface area contributed by atoms with E-state index in [2.05, 4.69) is 10.5 Å². The molecule has 0 saturated heterocycles. The van der Waals surface area contributed by atoms with Gasteiger partial charge in [-0.05, 0) is 19.9 Å². The molecule has 0 aliphatic heterocycles. The molecule has 0 fully saturated rings. The normalized spacial score (nSPS) is 10.9. The molecule has 0 aliphatic carbocycles. The number of carbonyl (C=O) groups excluding carboxylic acids is 1. The highest BCUT2D eigenvalue weighted by Crippen LogP contribution is 2.25. The van der Waals surface area contributed by atoms with E-state index in [0.717, 1.165) is 16.6 Å². The second-order valence-corrected chi connectivity index (χ2v) is 4.81. The van der Waals surface area contributed by atoms with Crippen LogP contribution in [0.25, 0.3) is 10.9 Å². The minimum atomic E-state index is -0.174. The summed E-state index contributed by atoms with van der Waals surface area (Å²) in [6.07, 6.45) is 0. The molecule has 0 bridgehead atoms. The smallest absolute Gasteiger partial charge is 0.259 e. The van der Waals surface area contributed by atoms with E-state index in [4.69, 9.17) is 4.52 Å². The van der Waals surface area contributed by atoms with Crippen molar-refractivity contribution in [3.05, 3.63) is 47.3 Å². The molecule has 0 saturated carbocycles. The van der Waals surface area contributed by atoms with Gasteiger partial charge in [-0.2, -0.15) is 0 Å². The van der Waals surface area contributed by atoms with Gasteiger partial charge in [-0.25, -0.2) is 0 Å². The number of amides is 1. The number of para-hydroxylation sites is 1. The van der Waals surface area contributed by atoms with E-state index >= 15 is 0 Å². The van der Waals surface area contributed by atoms with Crippen molar-refractivity contribution in [1.29, 1.82) is 0 Å². The Hall–Kier alpha value is -2.56. The predicted octanol–water partition coefficient (Wildman–Crippen LogP) is 3.04. The molecule has 102 valence electrons. The Morgan fingerprint density at radius 3 is 2.75 bits per heavy atom. The van der Waals surface area contributed by atoms with Gasteiger partial charge in [0.25, 0.3) is 5.91 Å². The third-order valence-electron chi connectivity index (χ3n) is 3.50. The van der Waals surface area contributed by atoms with E-state index in [-0.39, 0.29) is 5.91 Å². The number of carbonyl (C=O) groups is 1. The Morgan fingerprint density at radius 2 is 2.05 bits per heavy atom. The fraction of sp³-hybridized carbons (Fsp3) is 0.200. The lowest BCUT2D eigenvalue weighted by Crippen LogP contribution is -2.13. The SMILES string of the molecule is Cc1cc(NC(=O)c2c(C)n(C)c3ccccc23)no1. The molecule has 2 aromatic heterocycles. The maximum absolute atomic E-state index is 12.5. The topological polar surface area (TPSA) is 60.1 Å². The number of hydrogen-bond donors (Lipinski definition) is 1. The number of rotatable bonds is 2. The van der Waals surface area contributed by atoms with Crippen molar-refractivity contribution in [2.75, 3.05) is 5.32 Å². The number of aryl methyl sites for hydroxylation is 2. The predicted molar refractivity (Wildman–Crippen MR) is 76.8 cm³/mol. The molecular weight excluding hydrogens is 254 g/mol. The molecule has 1 N–H and O–H groups in total. The minimum absolute atomic E-state index is 0.174. The highest BCUT2D eigenvalue weighted by Gasteiger charge is 2.19. The van der Waals surface area contributed by atoms with Crippen molar-refractivity contribution in [2.24, 2.45) is 7.05 Å². The zero-order chi connectivity index (χ0) is 14.3. The van der Waals surface area contributed by atoms with Crippen molar-refractivity contribution >= 4 is 22.6 Å². The third-order valence-corrected chi connectivity index (χ3v) is 3.50. The zero-order valence-electron chi connectivity index (χ0n) is 11.6. The van der Waals surface area contributed by atoms with Crippen molar-refractivity contribution < 1.29 is 9.32 Å². The van der Waals surface area contributed by atoms with E-state index in [9.17, 15) is 4.79 Å². The van der Waals surface area contributed by atoms with Crippen molar-refractivity contribution in [3.63, 3.8) is 0 Å². The zero-order valence-corrected chi connectivity index (χ0v) is 11.6. The number of nitrogens with one attached hydrogen (secondary N) is 1. The van der Waals surface area contributed by atoms with Crippen LogP contribution in [0.1, 0.15) is 21.8 Å². The summed E-state index contributed by atoms with van der Waals surface area (Å²) < 4.78 is 6.97. The lowest BCUT2D eigenvalue weighted by molar-refractivity contribution is 0.102. The minimum Gasteiger partial charge on any atom is -0.360 e. The van der Waals surface area contributed by atoms with Crippen LogP contribution in [0.4, 0.5) is 5.82 Å². The summed E-state index contributed by atoms with van der Waals surface area (Å²) in [6.45, 7) is 3.72. The number of nitrogens with zero attached hydrogens (tertiary/aromatic N) is 2. The highest BCUT2D eigenvalue weighted by molar-refractivity contribution is 6.13. The quantitative estimate of drug-likeness (QED) is 0.777. The van der Waals surface area contributed by atoms with Crippen LogP contribution >= 0.6 is 0 Å². The molecular formula is C15H15N3O2. The first kappa shape index (κ1) is 12.5. The molecule has 3 aromatic rings. The van der Waals surface area contributed by atoms with Crippen LogP contribution in [0.5, 0.6) is 0 Å². The molecule has 0 spiro atoms. The van der Waals surface area contributed by atoms with Gasteiger partial charge in [0.2, 0.25) is 0 Å². The number of anilines is 1. The summed E-state index contributed by atoms with van der Waals surface area (Å²) in [7, 11) is 1.95. The Balaban J connectivity index is 2.05. The average Bonchev–Trinajstić information content (AvgIpc) is 2.93. The van der Waals surface area contributed by atoms with E-state index in [1.165, 1.54) is 0 Å². The summed E-state index contributed by atoms with van der Waals surface area (Å²) in [6, 6.07) is 9.53. The molecule has 5 nitrogen and oxygen atoms in total. The molecule has 1 amide bonds. The van der Waals surface area contributed by atoms with E-state index in [0.29, 0.717) is 17.1 Å². The first-order valence-corrected chi connectivity index (χ1v) is 6.36. The first-order chi connectivity index (χ1) is 9.58. The molecule has 20 heavy (non-hydrogen) atoms. The second kappa shape index (κ2) is 4.52. The number of benzene rings is 1. The molecule has 0 atom stereocenters. The molecule has 0 aliphatic rings. The van der Waals surface area contributed by atoms with Crippen LogP contribution in [-0.2, 0) is 7.05 Å². The summed E-state index contributed by atoms with van der Waals surface area (Å²) in [4.78, 5) is 12.5. The fourth-order valence-electron chi connectivity index (χ4n) is 2.41. The molecule has 1 aromatic carbocycles. The number of aromatic nitrogens is 2. The summed E-state index contributed by atoms with van der Waals surface area (Å²) >= 11 is 0. The lowest BCUT2D eigenvalue weighted by atomic mass is 10.1. The van der Waals surface area contributed by atoms with Gasteiger partial charge in [0.05, 0.1) is 5.56 Å². The van der Waals surface area contributed by atoms with Gasteiger partial charge in [0.15, 0.2) is 5.82 Å². The van der Waals surface area contributed by atoms with Crippen molar-refractivity contribution in [3.8, 4) is 0 Å². The van der Waals surface area contributed by atoms with Crippen molar-refractivity contribution in [1.82, 2.24) is 9.72 Å². The largest absolute Gasteiger partial charge is 0.360 e. The fourth-order valence-corrected chi connectivity index (χ4v) is 2.41. The molecule has 2 heterocycles. The van der Waals surface area contributed by atoms with Gasteiger partial charge in [0, 0.05) is 29.7 Å². The molecule has 0 radical (unpaired) electrons. The standard InChI is InChI=1S/C15H15N3O2/c1-9-8-13(17-20-9)16-15(19)14-10(2)18(3)12-7-5-4-6-11(12)14/h4-8H,1-3H3,(H,16,17,19). The van der Waals surface area contributed by atoms with Gasteiger partial charge in [-0.3, -0.25) is 4.79 Å². The van der Waals surface area contributed by atoms with Gasteiger partial charge >= 0.3 is 0 Å². The van der Waals surface area contributed by atoms with E-state index in [1.807, 2.05) is 42.8 Å². The van der Waals surface area contributed by atoms with Crippen LogP contribution in [0.2, 0.25) is 0 Å². The first-order valence-electron chi connectivity index (χ1n) is 6.36. The van der Waals surface area contributed by atoms with Crippen LogP contribution in [0, 0.1) is 13.8 Å². The Bertz CT molecular complexity index is 799. The molecule has 3 rings (SSSR count). The van der Waals surface area contributed by atoms with Gasteiger partial charge in [-0.1, -0.05) is 23.4 Å². The highest BCUT2D eigenvalue weighted by atomic mass is 16.5. The summed E-state index contributed by atoms with van der Waals surface area (Å²) in [5, 5.41) is 7.49. The second-order valence-electron chi connectivity index (χ2n) is 4.81. The van der Waals surface area contributed by atoms with Gasteiger partial charge in [0.1, 0.15) is 5.76 Å². The maximum atomic E-state index is 12.5. The van der Waals surface area contributed by atoms with Gasteiger partial charge < -0.3 is 14.4 Å².